The third-order valence-corrected chi connectivity index (χ3v) is 4.84. The van der Waals surface area contributed by atoms with Gasteiger partial charge in [-0.25, -0.2) is 4.79 Å². The van der Waals surface area contributed by atoms with Crippen molar-refractivity contribution in [3.8, 4) is 0 Å². The Morgan fingerprint density at radius 3 is 2.18 bits per heavy atom. The van der Waals surface area contributed by atoms with Gasteiger partial charge in [0, 0.05) is 5.41 Å². The molecule has 0 spiro atoms. The molecule has 2 unspecified atom stereocenters. The fourth-order valence-electron chi connectivity index (χ4n) is 4.87. The fraction of sp³-hybridized carbons (Fsp3) is 0.833. The van der Waals surface area contributed by atoms with E-state index in [1.165, 1.54) is 0 Å². The van der Waals surface area contributed by atoms with Crippen molar-refractivity contribution in [3.05, 3.63) is 0 Å². The molecular formula is C12H17NO4. The fourth-order valence-corrected chi connectivity index (χ4v) is 4.87. The van der Waals surface area contributed by atoms with Crippen molar-refractivity contribution in [1.29, 1.82) is 0 Å². The molecule has 0 aromatic carbocycles. The summed E-state index contributed by atoms with van der Waals surface area (Å²) >= 11 is 0. The van der Waals surface area contributed by atoms with Crippen LogP contribution < -0.4 is 0 Å². The normalized spacial score (nSPS) is 48.4. The van der Waals surface area contributed by atoms with Crippen LogP contribution >= 0.6 is 0 Å². The number of oxime groups is 1. The molecule has 17 heavy (non-hydrogen) atoms. The molecule has 4 rings (SSSR count). The van der Waals surface area contributed by atoms with Crippen molar-refractivity contribution < 1.29 is 20.2 Å². The molecule has 0 aromatic rings. The van der Waals surface area contributed by atoms with Gasteiger partial charge in [0.05, 0.1) is 5.60 Å². The summed E-state index contributed by atoms with van der Waals surface area (Å²) in [6.45, 7) is 0. The maximum absolute atomic E-state index is 11.2. The number of aliphatic hydroxyl groups is 1. The van der Waals surface area contributed by atoms with Gasteiger partial charge in [0.2, 0.25) is 0 Å². The van der Waals surface area contributed by atoms with E-state index >= 15 is 0 Å². The molecule has 4 saturated carbocycles. The molecule has 5 heteroatoms. The molecule has 94 valence electrons. The van der Waals surface area contributed by atoms with Crippen LogP contribution in [0.3, 0.4) is 0 Å². The second kappa shape index (κ2) is 3.22. The van der Waals surface area contributed by atoms with Gasteiger partial charge < -0.3 is 15.4 Å². The molecule has 4 aliphatic rings. The first-order valence-electron chi connectivity index (χ1n) is 6.15. The Hall–Kier alpha value is -1.10. The third-order valence-electron chi connectivity index (χ3n) is 4.84. The number of rotatable bonds is 2. The maximum atomic E-state index is 11.2. The Bertz CT molecular complexity index is 389. The van der Waals surface area contributed by atoms with Gasteiger partial charge in [-0.1, -0.05) is 5.16 Å². The maximum Gasteiger partial charge on any atom is 0.354 e. The summed E-state index contributed by atoms with van der Waals surface area (Å²) < 4.78 is 0. The van der Waals surface area contributed by atoms with Crippen LogP contribution in [0.1, 0.15) is 38.5 Å². The largest absolute Gasteiger partial charge is 0.477 e. The number of carbonyl (C=O) groups is 1. The summed E-state index contributed by atoms with van der Waals surface area (Å²) in [6.07, 6.45) is 4.59. The van der Waals surface area contributed by atoms with E-state index in [0.717, 1.165) is 32.1 Å². The number of carboxylic acids is 1. The van der Waals surface area contributed by atoms with Gasteiger partial charge in [0.1, 0.15) is 0 Å². The molecule has 4 bridgehead atoms. The van der Waals surface area contributed by atoms with E-state index < -0.39 is 17.0 Å². The van der Waals surface area contributed by atoms with Gasteiger partial charge in [-0.2, -0.15) is 0 Å². The molecule has 0 aromatic heterocycles. The summed E-state index contributed by atoms with van der Waals surface area (Å²) in [7, 11) is 0. The first kappa shape index (κ1) is 11.0. The van der Waals surface area contributed by atoms with Gasteiger partial charge in [-0.3, -0.25) is 0 Å². The Balaban J connectivity index is 2.01. The van der Waals surface area contributed by atoms with Gasteiger partial charge >= 0.3 is 5.97 Å². The van der Waals surface area contributed by atoms with E-state index in [1.807, 2.05) is 0 Å². The number of hydrogen-bond acceptors (Lipinski definition) is 4. The molecule has 0 saturated heterocycles. The summed E-state index contributed by atoms with van der Waals surface area (Å²) in [5.41, 5.74) is -1.47. The van der Waals surface area contributed by atoms with E-state index in [2.05, 4.69) is 5.16 Å². The van der Waals surface area contributed by atoms with Crippen LogP contribution in [0.2, 0.25) is 0 Å². The van der Waals surface area contributed by atoms with Crippen molar-refractivity contribution in [2.24, 2.45) is 22.4 Å². The Morgan fingerprint density at radius 1 is 1.18 bits per heavy atom. The first-order valence-corrected chi connectivity index (χ1v) is 6.15. The molecule has 0 amide bonds. The van der Waals surface area contributed by atoms with Crippen LogP contribution in [0.15, 0.2) is 5.16 Å². The van der Waals surface area contributed by atoms with Crippen molar-refractivity contribution in [2.45, 2.75) is 44.1 Å². The Morgan fingerprint density at radius 2 is 1.76 bits per heavy atom. The zero-order valence-electron chi connectivity index (χ0n) is 9.59. The van der Waals surface area contributed by atoms with Gasteiger partial charge in [0.25, 0.3) is 0 Å². The number of nitrogens with zero attached hydrogens (tertiary/aromatic N) is 1. The predicted molar refractivity (Wildman–Crippen MR) is 58.9 cm³/mol. The predicted octanol–water partition coefficient (Wildman–Crippen LogP) is 1.23. The highest BCUT2D eigenvalue weighted by Crippen LogP contribution is 2.62. The molecule has 5 nitrogen and oxygen atoms in total. The Kier molecular flexibility index (Phi) is 2.09. The molecule has 4 aliphatic carbocycles. The van der Waals surface area contributed by atoms with Crippen molar-refractivity contribution in [3.63, 3.8) is 0 Å². The summed E-state index contributed by atoms with van der Waals surface area (Å²) in [5, 5.41) is 31.6. The van der Waals surface area contributed by atoms with E-state index in [4.69, 9.17) is 10.3 Å². The molecule has 0 aliphatic heterocycles. The molecule has 4 fully saturated rings. The average Bonchev–Trinajstić information content (AvgIpc) is 2.12. The lowest BCUT2D eigenvalue weighted by molar-refractivity contribution is -0.147. The first-order chi connectivity index (χ1) is 7.96. The minimum absolute atomic E-state index is 0.148. The smallest absolute Gasteiger partial charge is 0.354 e. The van der Waals surface area contributed by atoms with Crippen molar-refractivity contribution in [1.82, 2.24) is 0 Å². The van der Waals surface area contributed by atoms with Crippen molar-refractivity contribution in [2.75, 3.05) is 0 Å². The molecule has 3 N–H and O–H groups in total. The highest BCUT2D eigenvalue weighted by Gasteiger charge is 2.60. The van der Waals surface area contributed by atoms with Crippen LogP contribution in [0, 0.1) is 17.3 Å². The zero-order chi connectivity index (χ0) is 12.3. The second-order valence-electron chi connectivity index (χ2n) is 6.22. The van der Waals surface area contributed by atoms with Crippen LogP contribution in [-0.2, 0) is 4.79 Å². The lowest BCUT2D eigenvalue weighted by Crippen LogP contribution is -2.59. The van der Waals surface area contributed by atoms with Gasteiger partial charge in [-0.05, 0) is 50.4 Å². The van der Waals surface area contributed by atoms with Gasteiger partial charge in [0.15, 0.2) is 5.71 Å². The second-order valence-corrected chi connectivity index (χ2v) is 6.22. The molecule has 2 atom stereocenters. The van der Waals surface area contributed by atoms with Crippen molar-refractivity contribution >= 4 is 11.7 Å². The van der Waals surface area contributed by atoms with Gasteiger partial charge in [-0.15, -0.1) is 0 Å². The molecule has 0 radical (unpaired) electrons. The average molecular weight is 239 g/mol. The lowest BCUT2D eigenvalue weighted by atomic mass is 9.47. The monoisotopic (exact) mass is 239 g/mol. The number of aliphatic carboxylic acids is 1. The third kappa shape index (κ3) is 1.48. The summed E-state index contributed by atoms with van der Waals surface area (Å²) in [6, 6.07) is 0. The standard InChI is InChI=1S/C12H17NO4/c14-10(15)9(13-17)11-2-7-1-8(3-11)5-12(16,4-7)6-11/h7-8,16-17H,1-6H2,(H,14,15). The number of carboxylic acid groups (broad SMARTS) is 1. The minimum Gasteiger partial charge on any atom is -0.477 e. The van der Waals surface area contributed by atoms with E-state index in [0.29, 0.717) is 18.3 Å². The lowest BCUT2D eigenvalue weighted by Gasteiger charge is -2.59. The minimum atomic E-state index is -1.15. The van der Waals surface area contributed by atoms with E-state index in [-0.39, 0.29) is 5.71 Å². The van der Waals surface area contributed by atoms with Crippen LogP contribution in [0.4, 0.5) is 0 Å². The quantitative estimate of drug-likeness (QED) is 0.384. The molecular weight excluding hydrogens is 222 g/mol. The van der Waals surface area contributed by atoms with E-state index in [1.54, 1.807) is 0 Å². The Labute approximate surface area is 99.1 Å². The SMILES string of the molecule is O=C(O)C(=NO)C12CC3CC(CC(O)(C3)C1)C2. The highest BCUT2D eigenvalue weighted by atomic mass is 16.4. The molecule has 0 heterocycles. The summed E-state index contributed by atoms with van der Waals surface area (Å²) in [4.78, 5) is 11.2. The van der Waals surface area contributed by atoms with E-state index in [9.17, 15) is 9.90 Å². The zero-order valence-corrected chi connectivity index (χ0v) is 9.59. The summed E-state index contributed by atoms with van der Waals surface area (Å²) in [5.74, 6) is -0.382. The highest BCUT2D eigenvalue weighted by molar-refractivity contribution is 6.37. The number of hydrogen-bond donors (Lipinski definition) is 3. The topological polar surface area (TPSA) is 90.1 Å². The van der Waals surface area contributed by atoms with Crippen LogP contribution in [0.25, 0.3) is 0 Å². The van der Waals surface area contributed by atoms with Crippen LogP contribution in [-0.4, -0.2) is 32.7 Å². The van der Waals surface area contributed by atoms with Crippen LogP contribution in [0.5, 0.6) is 0 Å².